The molecule has 0 aromatic carbocycles. The van der Waals surface area contributed by atoms with Crippen LogP contribution in [0.3, 0.4) is 0 Å². The lowest BCUT2D eigenvalue weighted by Crippen LogP contribution is -2.39. The number of rotatable bonds is 1. The molecule has 2 aliphatic rings. The van der Waals surface area contributed by atoms with Crippen LogP contribution in [0.1, 0.15) is 12.8 Å². The molecule has 2 rings (SSSR count). The summed E-state index contributed by atoms with van der Waals surface area (Å²) in [6.45, 7) is 5.64. The average molecular weight is 198 g/mol. The summed E-state index contributed by atoms with van der Waals surface area (Å²) >= 11 is 0. The number of quaternary nitrogens is 2. The number of hydrogen-bond acceptors (Lipinski definition) is 0. The summed E-state index contributed by atoms with van der Waals surface area (Å²) in [4.78, 5) is 0. The second kappa shape index (κ2) is 3.21. The summed E-state index contributed by atoms with van der Waals surface area (Å²) < 4.78 is 2.52. The van der Waals surface area contributed by atoms with Crippen molar-refractivity contribution in [2.45, 2.75) is 12.8 Å². The van der Waals surface area contributed by atoms with Gasteiger partial charge in [0.1, 0.15) is 0 Å². The van der Waals surface area contributed by atoms with Crippen molar-refractivity contribution in [3.05, 3.63) is 0 Å². The van der Waals surface area contributed by atoms with Crippen LogP contribution in [0.15, 0.2) is 0 Å². The summed E-state index contributed by atoms with van der Waals surface area (Å²) in [6.07, 6.45) is 2.94. The van der Waals surface area contributed by atoms with Crippen LogP contribution in [0.2, 0.25) is 0 Å². The molecule has 2 unspecified atom stereocenters. The highest BCUT2D eigenvalue weighted by molar-refractivity contribution is 4.77. The van der Waals surface area contributed by atoms with E-state index in [1.165, 1.54) is 48.0 Å². The zero-order valence-electron chi connectivity index (χ0n) is 10.3. The van der Waals surface area contributed by atoms with E-state index in [0.717, 1.165) is 11.8 Å². The summed E-state index contributed by atoms with van der Waals surface area (Å²) in [5.74, 6) is 2.04. The minimum Gasteiger partial charge on any atom is -0.328 e. The van der Waals surface area contributed by atoms with E-state index < -0.39 is 0 Å². The first kappa shape index (κ1) is 10.4. The van der Waals surface area contributed by atoms with Crippen molar-refractivity contribution in [1.29, 1.82) is 0 Å². The third-order valence-corrected chi connectivity index (χ3v) is 4.33. The molecule has 82 valence electrons. The Kier molecular flexibility index (Phi) is 2.39. The Hall–Kier alpha value is -0.0800. The van der Waals surface area contributed by atoms with Crippen LogP contribution >= 0.6 is 0 Å². The third-order valence-electron chi connectivity index (χ3n) is 4.33. The number of likely N-dealkylation sites (tertiary alicyclic amines) is 2. The Balaban J connectivity index is 1.93. The average Bonchev–Trinajstić information content (AvgIpc) is 2.54. The third kappa shape index (κ3) is 2.12. The fraction of sp³-hybridized carbons (Fsp3) is 1.00. The van der Waals surface area contributed by atoms with E-state index in [1.807, 2.05) is 0 Å². The zero-order chi connectivity index (χ0) is 10.4. The van der Waals surface area contributed by atoms with Crippen molar-refractivity contribution in [3.63, 3.8) is 0 Å². The number of hydrogen-bond donors (Lipinski definition) is 0. The smallest absolute Gasteiger partial charge is 0.0818 e. The highest BCUT2D eigenvalue weighted by Gasteiger charge is 2.42. The van der Waals surface area contributed by atoms with Crippen molar-refractivity contribution in [3.8, 4) is 0 Å². The Morgan fingerprint density at radius 3 is 1.29 bits per heavy atom. The molecule has 2 heteroatoms. The highest BCUT2D eigenvalue weighted by Crippen LogP contribution is 2.34. The molecule has 0 radical (unpaired) electrons. The maximum absolute atomic E-state index is 2.38. The lowest BCUT2D eigenvalue weighted by Gasteiger charge is -2.26. The first-order valence-corrected chi connectivity index (χ1v) is 6.02. The monoisotopic (exact) mass is 198 g/mol. The number of nitrogens with zero attached hydrogens (tertiary/aromatic N) is 2. The lowest BCUT2D eigenvalue weighted by molar-refractivity contribution is -0.883. The van der Waals surface area contributed by atoms with Crippen LogP contribution in [0.4, 0.5) is 0 Å². The molecule has 0 aliphatic carbocycles. The first-order valence-electron chi connectivity index (χ1n) is 6.02. The van der Waals surface area contributed by atoms with Crippen LogP contribution in [0, 0.1) is 11.8 Å². The van der Waals surface area contributed by atoms with Gasteiger partial charge in [-0.05, 0) is 0 Å². The molecule has 0 bridgehead atoms. The minimum absolute atomic E-state index is 1.02. The summed E-state index contributed by atoms with van der Waals surface area (Å²) in [5.41, 5.74) is 0. The van der Waals surface area contributed by atoms with Gasteiger partial charge in [0.15, 0.2) is 0 Å². The molecule has 2 atom stereocenters. The van der Waals surface area contributed by atoms with Gasteiger partial charge < -0.3 is 8.97 Å². The molecule has 2 nitrogen and oxygen atoms in total. The van der Waals surface area contributed by atoms with Crippen molar-refractivity contribution < 1.29 is 8.97 Å². The minimum atomic E-state index is 1.02. The van der Waals surface area contributed by atoms with Crippen LogP contribution in [0.5, 0.6) is 0 Å². The second-order valence-electron chi connectivity index (χ2n) is 6.78. The Morgan fingerprint density at radius 1 is 0.714 bits per heavy atom. The van der Waals surface area contributed by atoms with Gasteiger partial charge in [0.05, 0.1) is 54.4 Å². The highest BCUT2D eigenvalue weighted by atomic mass is 15.3. The molecular weight excluding hydrogens is 172 g/mol. The van der Waals surface area contributed by atoms with Gasteiger partial charge in [0.2, 0.25) is 0 Å². The van der Waals surface area contributed by atoms with Gasteiger partial charge in [0, 0.05) is 24.7 Å². The quantitative estimate of drug-likeness (QED) is 0.555. The van der Waals surface area contributed by atoms with Crippen LogP contribution in [-0.4, -0.2) is 63.3 Å². The van der Waals surface area contributed by atoms with E-state index in [1.54, 1.807) is 0 Å². The molecule has 0 saturated carbocycles. The van der Waals surface area contributed by atoms with Gasteiger partial charge in [-0.25, -0.2) is 0 Å². The molecule has 0 spiro atoms. The summed E-state index contributed by atoms with van der Waals surface area (Å²) in [7, 11) is 9.54. The molecule has 2 fully saturated rings. The molecular formula is C12H26N2+2. The van der Waals surface area contributed by atoms with Crippen molar-refractivity contribution in [1.82, 2.24) is 0 Å². The van der Waals surface area contributed by atoms with E-state index in [0.29, 0.717) is 0 Å². The van der Waals surface area contributed by atoms with Gasteiger partial charge in [-0.1, -0.05) is 0 Å². The lowest BCUT2D eigenvalue weighted by atomic mass is 9.91. The van der Waals surface area contributed by atoms with E-state index >= 15 is 0 Å². The molecule has 2 saturated heterocycles. The fourth-order valence-electron chi connectivity index (χ4n) is 3.43. The Morgan fingerprint density at radius 2 is 1.07 bits per heavy atom. The maximum atomic E-state index is 2.38. The van der Waals surface area contributed by atoms with Gasteiger partial charge in [-0.2, -0.15) is 0 Å². The SMILES string of the molecule is C[N+]1(C)CCC(C2CC[N+](C)(C)C2)C1. The molecule has 2 aliphatic heterocycles. The van der Waals surface area contributed by atoms with Gasteiger partial charge in [-0.15, -0.1) is 0 Å². The molecule has 0 aromatic rings. The largest absolute Gasteiger partial charge is 0.328 e. The topological polar surface area (TPSA) is 0 Å². The second-order valence-corrected chi connectivity index (χ2v) is 6.78. The van der Waals surface area contributed by atoms with Gasteiger partial charge in [0.25, 0.3) is 0 Å². The predicted molar refractivity (Wildman–Crippen MR) is 59.9 cm³/mol. The van der Waals surface area contributed by atoms with Crippen LogP contribution in [-0.2, 0) is 0 Å². The molecule has 2 heterocycles. The normalized spacial score (nSPS) is 40.3. The molecule has 0 aromatic heterocycles. The van der Waals surface area contributed by atoms with Crippen molar-refractivity contribution in [2.24, 2.45) is 11.8 Å². The maximum Gasteiger partial charge on any atom is 0.0818 e. The molecule has 14 heavy (non-hydrogen) atoms. The Bertz CT molecular complexity index is 196. The van der Waals surface area contributed by atoms with Crippen LogP contribution < -0.4 is 0 Å². The zero-order valence-corrected chi connectivity index (χ0v) is 10.3. The van der Waals surface area contributed by atoms with Gasteiger partial charge >= 0.3 is 0 Å². The fourth-order valence-corrected chi connectivity index (χ4v) is 3.43. The first-order chi connectivity index (χ1) is 6.38. The molecule has 0 amide bonds. The van der Waals surface area contributed by atoms with E-state index in [9.17, 15) is 0 Å². The molecule has 0 N–H and O–H groups in total. The van der Waals surface area contributed by atoms with E-state index in [4.69, 9.17) is 0 Å². The van der Waals surface area contributed by atoms with Crippen LogP contribution in [0.25, 0.3) is 0 Å². The summed E-state index contributed by atoms with van der Waals surface area (Å²) in [6, 6.07) is 0. The van der Waals surface area contributed by atoms with Gasteiger partial charge in [-0.3, -0.25) is 0 Å². The standard InChI is InChI=1S/C12H26N2/c1-13(2)7-5-11(9-13)12-6-8-14(3,4)10-12/h11-12H,5-10H2,1-4H3/q+2. The van der Waals surface area contributed by atoms with E-state index in [2.05, 4.69) is 28.2 Å². The summed E-state index contributed by atoms with van der Waals surface area (Å²) in [5, 5.41) is 0. The van der Waals surface area contributed by atoms with Crippen molar-refractivity contribution >= 4 is 0 Å². The van der Waals surface area contributed by atoms with Crippen molar-refractivity contribution in [2.75, 3.05) is 54.4 Å². The van der Waals surface area contributed by atoms with E-state index in [-0.39, 0.29) is 0 Å². The predicted octanol–water partition coefficient (Wildman–Crippen LogP) is 1.18. The Labute approximate surface area is 88.7 Å².